The van der Waals surface area contributed by atoms with E-state index in [4.69, 9.17) is 16.3 Å². The normalized spacial score (nSPS) is 11.4. The van der Waals surface area contributed by atoms with Crippen molar-refractivity contribution < 1.29 is 13.7 Å². The van der Waals surface area contributed by atoms with E-state index >= 15 is 0 Å². The molecule has 0 saturated carbocycles. The van der Waals surface area contributed by atoms with E-state index in [1.54, 1.807) is 13.8 Å². The Hall–Kier alpha value is -2.06. The largest absolute Gasteiger partial charge is 0.494 e. The minimum absolute atomic E-state index is 0.0160. The Morgan fingerprint density at radius 1 is 1.32 bits per heavy atom. The third-order valence-corrected chi connectivity index (χ3v) is 6.59. The average molecular weight is 386 g/mol. The first-order valence-corrected chi connectivity index (χ1v) is 9.89. The van der Waals surface area contributed by atoms with Gasteiger partial charge in [0.2, 0.25) is 5.78 Å². The third-order valence-electron chi connectivity index (χ3n) is 3.89. The first-order valence-electron chi connectivity index (χ1n) is 7.66. The fraction of sp³-hybridized carbons (Fsp3) is 0.375. The van der Waals surface area contributed by atoms with Crippen LogP contribution in [-0.4, -0.2) is 38.4 Å². The first-order chi connectivity index (χ1) is 11.8. The van der Waals surface area contributed by atoms with Crippen LogP contribution in [0.4, 0.5) is 5.69 Å². The van der Waals surface area contributed by atoms with Gasteiger partial charge in [0.25, 0.3) is 5.56 Å². The van der Waals surface area contributed by atoms with Crippen molar-refractivity contribution in [2.75, 3.05) is 18.6 Å². The number of hydrogen-bond acceptors (Lipinski definition) is 5. The molecule has 9 heteroatoms. The van der Waals surface area contributed by atoms with Crippen molar-refractivity contribution in [3.8, 4) is 5.75 Å². The Labute approximate surface area is 151 Å². The summed E-state index contributed by atoms with van der Waals surface area (Å²) >= 11 is 6.38. The maximum atomic E-state index is 12.7. The van der Waals surface area contributed by atoms with E-state index in [-0.39, 0.29) is 21.8 Å². The van der Waals surface area contributed by atoms with Crippen LogP contribution in [0.25, 0.3) is 0 Å². The van der Waals surface area contributed by atoms with Crippen molar-refractivity contribution in [2.45, 2.75) is 13.8 Å². The molecule has 0 unspecified atom stereocenters. The quantitative estimate of drug-likeness (QED) is 0.773. The zero-order valence-corrected chi connectivity index (χ0v) is 16.0. The number of aryl methyl sites for hydroxylation is 1. The number of halogens is 1. The number of carbonyl (C=O) groups excluding carboxylic acids is 1. The van der Waals surface area contributed by atoms with Gasteiger partial charge in [-0.25, -0.2) is 4.21 Å². The Bertz CT molecular complexity index is 974. The molecule has 0 aliphatic rings. The van der Waals surface area contributed by atoms with Crippen molar-refractivity contribution in [3.05, 3.63) is 44.8 Å². The highest BCUT2D eigenvalue weighted by Gasteiger charge is 2.22. The van der Waals surface area contributed by atoms with Gasteiger partial charge in [-0.3, -0.25) is 14.3 Å². The fourth-order valence-corrected chi connectivity index (χ4v) is 3.76. The van der Waals surface area contributed by atoms with E-state index in [2.05, 4.69) is 9.46 Å². The molecular formula is C16H20ClN3O4S. The lowest BCUT2D eigenvalue weighted by Gasteiger charge is -2.12. The van der Waals surface area contributed by atoms with Crippen LogP contribution >= 0.6 is 11.6 Å². The zero-order chi connectivity index (χ0) is 18.8. The lowest BCUT2D eigenvalue weighted by Crippen LogP contribution is -2.19. The fourth-order valence-electron chi connectivity index (χ4n) is 2.24. The third kappa shape index (κ3) is 3.64. The molecule has 2 aromatic rings. The summed E-state index contributed by atoms with van der Waals surface area (Å²) in [5, 5.41) is 2.66. The molecule has 0 spiro atoms. The molecule has 1 heterocycles. The monoisotopic (exact) mass is 385 g/mol. The molecule has 0 bridgehead atoms. The van der Waals surface area contributed by atoms with Gasteiger partial charge in [-0.15, -0.1) is 0 Å². The summed E-state index contributed by atoms with van der Waals surface area (Å²) in [4.78, 5) is 24.7. The maximum Gasteiger partial charge on any atom is 0.277 e. The molecule has 0 saturated heterocycles. The molecule has 0 atom stereocenters. The van der Waals surface area contributed by atoms with Gasteiger partial charge < -0.3 is 9.84 Å². The van der Waals surface area contributed by atoms with E-state index in [0.29, 0.717) is 17.3 Å². The molecule has 0 radical (unpaired) electrons. The summed E-state index contributed by atoms with van der Waals surface area (Å²) in [6.45, 7) is 3.54. The molecule has 0 aliphatic carbocycles. The maximum absolute atomic E-state index is 12.7. The molecule has 0 fully saturated rings. The van der Waals surface area contributed by atoms with Crippen LogP contribution < -0.4 is 10.3 Å². The molecule has 1 aromatic heterocycles. The smallest absolute Gasteiger partial charge is 0.277 e. The number of hydrogen-bond donors (Lipinski definition) is 1. The number of nitrogens with one attached hydrogen (secondary N) is 1. The average Bonchev–Trinajstić information content (AvgIpc) is 2.95. The van der Waals surface area contributed by atoms with E-state index in [1.165, 1.54) is 37.2 Å². The summed E-state index contributed by atoms with van der Waals surface area (Å²) < 4.78 is 23.4. The van der Waals surface area contributed by atoms with Crippen molar-refractivity contribution >= 4 is 32.8 Å². The van der Waals surface area contributed by atoms with Gasteiger partial charge in [0.05, 0.1) is 21.9 Å². The van der Waals surface area contributed by atoms with Crippen LogP contribution in [0.2, 0.25) is 5.02 Å². The second-order valence-electron chi connectivity index (χ2n) is 5.30. The molecule has 1 aromatic carbocycles. The summed E-state index contributed by atoms with van der Waals surface area (Å²) in [5.74, 6) is 0.475. The number of benzene rings is 1. The van der Waals surface area contributed by atoms with Crippen LogP contribution in [0.15, 0.2) is 27.5 Å². The standard InChI is InChI=1S/C16H20ClN3O4S/c1-5-25(23,6-2)19-14-12(24-4)8-7-10(13(14)17)15(21)11-9-18-20(3)16(11)22/h7-9,18H,5-6H2,1-4H3. The van der Waals surface area contributed by atoms with Gasteiger partial charge in [-0.05, 0) is 12.1 Å². The number of carbonyl (C=O) groups is 1. The second-order valence-corrected chi connectivity index (χ2v) is 8.56. The summed E-state index contributed by atoms with van der Waals surface area (Å²) in [7, 11) is 0.438. The lowest BCUT2D eigenvalue weighted by atomic mass is 10.1. The number of ketones is 1. The molecule has 2 rings (SSSR count). The number of H-pyrrole nitrogens is 1. The van der Waals surface area contributed by atoms with Gasteiger partial charge in [-0.2, -0.15) is 4.36 Å². The minimum Gasteiger partial charge on any atom is -0.494 e. The molecule has 136 valence electrons. The summed E-state index contributed by atoms with van der Waals surface area (Å²) in [6, 6.07) is 2.99. The minimum atomic E-state index is -2.51. The molecule has 7 nitrogen and oxygen atoms in total. The van der Waals surface area contributed by atoms with E-state index in [9.17, 15) is 13.8 Å². The molecular weight excluding hydrogens is 366 g/mol. The number of aromatic amines is 1. The number of nitrogens with zero attached hydrogens (tertiary/aromatic N) is 2. The SMILES string of the molecule is CCS(=O)(CC)=Nc1c(OC)ccc(C(=O)c2c[nH]n(C)c2=O)c1Cl. The Balaban J connectivity index is 2.69. The Kier molecular flexibility index (Phi) is 5.74. The van der Waals surface area contributed by atoms with Crippen LogP contribution in [-0.2, 0) is 16.8 Å². The van der Waals surface area contributed by atoms with E-state index < -0.39 is 21.1 Å². The molecule has 0 amide bonds. The number of rotatable bonds is 6. The lowest BCUT2D eigenvalue weighted by molar-refractivity contribution is 0.103. The number of methoxy groups -OCH3 is 1. The highest BCUT2D eigenvalue weighted by atomic mass is 35.5. The van der Waals surface area contributed by atoms with Gasteiger partial charge >= 0.3 is 0 Å². The van der Waals surface area contributed by atoms with Gasteiger partial charge in [0.1, 0.15) is 17.0 Å². The van der Waals surface area contributed by atoms with Gasteiger partial charge in [0, 0.05) is 30.3 Å². The predicted molar refractivity (Wildman–Crippen MR) is 98.8 cm³/mol. The second kappa shape index (κ2) is 7.45. The van der Waals surface area contributed by atoms with Crippen LogP contribution in [0.5, 0.6) is 5.75 Å². The first kappa shape index (κ1) is 19.3. The summed E-state index contributed by atoms with van der Waals surface area (Å²) in [6.07, 6.45) is 1.32. The highest BCUT2D eigenvalue weighted by molar-refractivity contribution is 7.93. The predicted octanol–water partition coefficient (Wildman–Crippen LogP) is 2.75. The molecule has 25 heavy (non-hydrogen) atoms. The van der Waals surface area contributed by atoms with Crippen LogP contribution in [0.1, 0.15) is 29.8 Å². The molecule has 1 N–H and O–H groups in total. The van der Waals surface area contributed by atoms with E-state index in [1.807, 2.05) is 0 Å². The molecule has 0 aliphatic heterocycles. The van der Waals surface area contributed by atoms with Crippen LogP contribution in [0.3, 0.4) is 0 Å². The zero-order valence-electron chi connectivity index (χ0n) is 14.5. The topological polar surface area (TPSA) is 93.5 Å². The van der Waals surface area contributed by atoms with Crippen molar-refractivity contribution in [2.24, 2.45) is 11.4 Å². The highest BCUT2D eigenvalue weighted by Crippen LogP contribution is 2.39. The Morgan fingerprint density at radius 2 is 1.96 bits per heavy atom. The van der Waals surface area contributed by atoms with Crippen molar-refractivity contribution in [1.82, 2.24) is 9.78 Å². The van der Waals surface area contributed by atoms with Crippen molar-refractivity contribution in [1.29, 1.82) is 0 Å². The number of aromatic nitrogens is 2. The Morgan fingerprint density at radius 3 is 2.44 bits per heavy atom. The summed E-state index contributed by atoms with van der Waals surface area (Å²) in [5.41, 5.74) is -0.225. The van der Waals surface area contributed by atoms with Crippen molar-refractivity contribution in [3.63, 3.8) is 0 Å². The van der Waals surface area contributed by atoms with E-state index in [0.717, 1.165) is 0 Å². The van der Waals surface area contributed by atoms with Gasteiger partial charge in [0.15, 0.2) is 0 Å². The van der Waals surface area contributed by atoms with Crippen LogP contribution in [0, 0.1) is 0 Å². The number of ether oxygens (including phenoxy) is 1. The van der Waals surface area contributed by atoms with Gasteiger partial charge in [-0.1, -0.05) is 25.4 Å².